The highest BCUT2D eigenvalue weighted by molar-refractivity contribution is 6.35. The standard InChI is InChI=1S/C31H33ClN2O/c1-33-29-20-31(23-10-6-11-25(18-23)35-2)15-17-34(16-14-22-8-4-3-5-9-22)21-24(31)19-27(29)26-12-7-13-28(32)30(26)33/h3-13,18,24H,14-17,19-21H2,1-2H3. The maximum atomic E-state index is 6.70. The van der Waals surface area contributed by atoms with Crippen molar-refractivity contribution in [2.45, 2.75) is 31.1 Å². The number of piperidine rings is 1. The van der Waals surface area contributed by atoms with Crippen LogP contribution in [0.15, 0.2) is 72.8 Å². The third kappa shape index (κ3) is 3.86. The lowest BCUT2D eigenvalue weighted by molar-refractivity contribution is 0.0815. The first-order valence-electron chi connectivity index (χ1n) is 12.7. The normalized spacial score (nSPS) is 22.1. The van der Waals surface area contributed by atoms with Gasteiger partial charge in [-0.1, -0.05) is 66.2 Å². The van der Waals surface area contributed by atoms with Gasteiger partial charge in [-0.3, -0.25) is 0 Å². The first-order valence-corrected chi connectivity index (χ1v) is 13.1. The van der Waals surface area contributed by atoms with Crippen LogP contribution in [0.5, 0.6) is 5.75 Å². The molecule has 4 aromatic rings. The molecule has 0 N–H and O–H groups in total. The number of fused-ring (bicyclic) bond motifs is 4. The van der Waals surface area contributed by atoms with Gasteiger partial charge in [-0.2, -0.15) is 0 Å². The van der Waals surface area contributed by atoms with Crippen LogP contribution in [0.25, 0.3) is 10.9 Å². The molecule has 1 aliphatic carbocycles. The maximum absolute atomic E-state index is 6.70. The smallest absolute Gasteiger partial charge is 0.119 e. The minimum Gasteiger partial charge on any atom is -0.497 e. The van der Waals surface area contributed by atoms with E-state index in [0.717, 1.165) is 56.1 Å². The highest BCUT2D eigenvalue weighted by atomic mass is 35.5. The molecule has 1 fully saturated rings. The van der Waals surface area contributed by atoms with E-state index < -0.39 is 0 Å². The molecule has 3 nitrogen and oxygen atoms in total. The number of hydrogen-bond acceptors (Lipinski definition) is 2. The average molecular weight is 485 g/mol. The molecule has 0 spiro atoms. The van der Waals surface area contributed by atoms with Crippen molar-refractivity contribution in [2.75, 3.05) is 26.7 Å². The summed E-state index contributed by atoms with van der Waals surface area (Å²) in [5.74, 6) is 1.50. The molecule has 0 amide bonds. The van der Waals surface area contributed by atoms with Crippen LogP contribution < -0.4 is 4.74 Å². The lowest BCUT2D eigenvalue weighted by Crippen LogP contribution is -2.54. The molecule has 35 heavy (non-hydrogen) atoms. The van der Waals surface area contributed by atoms with Crippen LogP contribution in [0.1, 0.15) is 28.8 Å². The summed E-state index contributed by atoms with van der Waals surface area (Å²) in [6.07, 6.45) is 4.41. The van der Waals surface area contributed by atoms with E-state index >= 15 is 0 Å². The van der Waals surface area contributed by atoms with Crippen LogP contribution in [-0.2, 0) is 31.7 Å². The first-order chi connectivity index (χ1) is 17.1. The van der Waals surface area contributed by atoms with E-state index in [9.17, 15) is 0 Å². The number of aryl methyl sites for hydroxylation is 1. The summed E-state index contributed by atoms with van der Waals surface area (Å²) in [6.45, 7) is 3.37. The molecule has 0 saturated carbocycles. The number of benzene rings is 3. The van der Waals surface area contributed by atoms with Gasteiger partial charge in [0, 0.05) is 36.6 Å². The molecule has 0 bridgehead atoms. The molecule has 2 heterocycles. The average Bonchev–Trinajstić information content (AvgIpc) is 3.18. The van der Waals surface area contributed by atoms with E-state index in [1.807, 2.05) is 6.07 Å². The number of para-hydroxylation sites is 1. The Hall–Kier alpha value is -2.75. The first kappa shape index (κ1) is 22.7. The van der Waals surface area contributed by atoms with Crippen LogP contribution >= 0.6 is 11.6 Å². The van der Waals surface area contributed by atoms with E-state index in [1.54, 1.807) is 7.11 Å². The molecule has 6 rings (SSSR count). The van der Waals surface area contributed by atoms with E-state index in [0.29, 0.717) is 5.92 Å². The van der Waals surface area contributed by atoms with Crippen molar-refractivity contribution >= 4 is 22.5 Å². The summed E-state index contributed by atoms with van der Waals surface area (Å²) >= 11 is 6.70. The Morgan fingerprint density at radius 2 is 1.86 bits per heavy atom. The molecule has 2 atom stereocenters. The molecule has 180 valence electrons. The molecule has 4 heteroatoms. The number of likely N-dealkylation sites (tertiary alicyclic amines) is 1. The Morgan fingerprint density at radius 3 is 2.69 bits per heavy atom. The van der Waals surface area contributed by atoms with Crippen molar-refractivity contribution < 1.29 is 4.74 Å². The molecule has 2 unspecified atom stereocenters. The van der Waals surface area contributed by atoms with Gasteiger partial charge in [0.15, 0.2) is 0 Å². The molecule has 3 aromatic carbocycles. The second-order valence-corrected chi connectivity index (χ2v) is 10.8. The van der Waals surface area contributed by atoms with Crippen LogP contribution in [0.4, 0.5) is 0 Å². The molecule has 2 aliphatic rings. The minimum atomic E-state index is 0.111. The fraction of sp³-hybridized carbons (Fsp3) is 0.355. The van der Waals surface area contributed by atoms with Crippen molar-refractivity contribution in [2.24, 2.45) is 13.0 Å². The minimum absolute atomic E-state index is 0.111. The van der Waals surface area contributed by atoms with Gasteiger partial charge < -0.3 is 14.2 Å². The second kappa shape index (κ2) is 9.04. The summed E-state index contributed by atoms with van der Waals surface area (Å²) in [5.41, 5.74) is 7.08. The van der Waals surface area contributed by atoms with Crippen LogP contribution in [0.3, 0.4) is 0 Å². The van der Waals surface area contributed by atoms with Gasteiger partial charge >= 0.3 is 0 Å². The van der Waals surface area contributed by atoms with Gasteiger partial charge in [0.2, 0.25) is 0 Å². The third-order valence-corrected chi connectivity index (χ3v) is 8.98. The summed E-state index contributed by atoms with van der Waals surface area (Å²) in [5, 5.41) is 2.18. The predicted octanol–water partition coefficient (Wildman–Crippen LogP) is 6.44. The third-order valence-electron chi connectivity index (χ3n) is 8.67. The van der Waals surface area contributed by atoms with Gasteiger partial charge in [-0.05, 0) is 73.0 Å². The molecule has 0 radical (unpaired) electrons. The SMILES string of the molecule is COc1cccc(C23CCN(CCc4ccccc4)CC2Cc2c(n(C)c4c(Cl)cccc24)C3)c1. The van der Waals surface area contributed by atoms with E-state index in [1.165, 1.54) is 33.3 Å². The van der Waals surface area contributed by atoms with Crippen molar-refractivity contribution in [3.8, 4) is 5.75 Å². The monoisotopic (exact) mass is 484 g/mol. The number of halogens is 1. The number of aromatic nitrogens is 1. The highest BCUT2D eigenvalue weighted by Gasteiger charge is 2.48. The van der Waals surface area contributed by atoms with Crippen molar-refractivity contribution in [3.05, 3.63) is 100 Å². The van der Waals surface area contributed by atoms with Crippen molar-refractivity contribution in [3.63, 3.8) is 0 Å². The van der Waals surface area contributed by atoms with Gasteiger partial charge in [0.1, 0.15) is 5.75 Å². The van der Waals surface area contributed by atoms with Crippen LogP contribution in [0, 0.1) is 5.92 Å². The fourth-order valence-corrected chi connectivity index (χ4v) is 7.07. The number of hydrogen-bond donors (Lipinski definition) is 0. The summed E-state index contributed by atoms with van der Waals surface area (Å²) in [6, 6.07) is 26.1. The molecule has 1 aliphatic heterocycles. The molecular formula is C31H33ClN2O. The second-order valence-electron chi connectivity index (χ2n) is 10.4. The van der Waals surface area contributed by atoms with Gasteiger partial charge in [0.05, 0.1) is 17.6 Å². The topological polar surface area (TPSA) is 17.4 Å². The number of rotatable bonds is 5. The summed E-state index contributed by atoms with van der Waals surface area (Å²) in [4.78, 5) is 2.69. The van der Waals surface area contributed by atoms with E-state index in [4.69, 9.17) is 16.3 Å². The lowest BCUT2D eigenvalue weighted by atomic mass is 9.58. The Labute approximate surface area is 213 Å². The Balaban J connectivity index is 1.39. The van der Waals surface area contributed by atoms with Crippen molar-refractivity contribution in [1.82, 2.24) is 9.47 Å². The Bertz CT molecular complexity index is 1360. The van der Waals surface area contributed by atoms with Gasteiger partial charge in [-0.25, -0.2) is 0 Å². The zero-order valence-corrected chi connectivity index (χ0v) is 21.4. The van der Waals surface area contributed by atoms with E-state index in [-0.39, 0.29) is 5.41 Å². The highest BCUT2D eigenvalue weighted by Crippen LogP contribution is 2.50. The number of methoxy groups -OCH3 is 1. The fourth-order valence-electron chi connectivity index (χ4n) is 6.77. The largest absolute Gasteiger partial charge is 0.497 e. The molecule has 1 aromatic heterocycles. The van der Waals surface area contributed by atoms with E-state index in [2.05, 4.69) is 83.2 Å². The number of nitrogens with zero attached hydrogens (tertiary/aromatic N) is 2. The van der Waals surface area contributed by atoms with Gasteiger partial charge in [0.25, 0.3) is 0 Å². The Morgan fingerprint density at radius 1 is 1.03 bits per heavy atom. The van der Waals surface area contributed by atoms with Crippen LogP contribution in [0.2, 0.25) is 5.02 Å². The van der Waals surface area contributed by atoms with Crippen LogP contribution in [-0.4, -0.2) is 36.2 Å². The maximum Gasteiger partial charge on any atom is 0.119 e. The Kier molecular flexibility index (Phi) is 5.86. The summed E-state index contributed by atoms with van der Waals surface area (Å²) in [7, 11) is 3.97. The lowest BCUT2D eigenvalue weighted by Gasteiger charge is -2.51. The van der Waals surface area contributed by atoms with Gasteiger partial charge in [-0.15, -0.1) is 0 Å². The van der Waals surface area contributed by atoms with Crippen molar-refractivity contribution in [1.29, 1.82) is 0 Å². The zero-order valence-electron chi connectivity index (χ0n) is 20.6. The quantitative estimate of drug-likeness (QED) is 0.324. The predicted molar refractivity (Wildman–Crippen MR) is 145 cm³/mol. The molecule has 1 saturated heterocycles. The summed E-state index contributed by atoms with van der Waals surface area (Å²) < 4.78 is 8.02. The zero-order chi connectivity index (χ0) is 24.0. The number of ether oxygens (including phenoxy) is 1. The molecular weight excluding hydrogens is 452 g/mol.